The second-order valence-corrected chi connectivity index (χ2v) is 3.12. The molecule has 0 bridgehead atoms. The Hall–Kier alpha value is -1.22. The zero-order chi connectivity index (χ0) is 8.55. The van der Waals surface area contributed by atoms with Gasteiger partial charge in [-0.1, -0.05) is 30.4 Å². The van der Waals surface area contributed by atoms with Gasteiger partial charge in [0.15, 0.2) is 5.78 Å². The lowest BCUT2D eigenvalue weighted by atomic mass is 10.0. The maximum absolute atomic E-state index is 11.2. The quantitative estimate of drug-likeness (QED) is 0.610. The number of benzene rings is 1. The molecule has 0 fully saturated rings. The highest BCUT2D eigenvalue weighted by atomic mass is 32.1. The van der Waals surface area contributed by atoms with Crippen molar-refractivity contribution in [3.8, 4) is 0 Å². The second-order valence-electron chi connectivity index (χ2n) is 2.71. The summed E-state index contributed by atoms with van der Waals surface area (Å²) in [6.07, 6.45) is 0.433. The Morgan fingerprint density at radius 3 is 2.92 bits per heavy atom. The van der Waals surface area contributed by atoms with Crippen molar-refractivity contribution in [1.82, 2.24) is 0 Å². The summed E-state index contributed by atoms with van der Waals surface area (Å²) in [4.78, 5) is 11.5. The van der Waals surface area contributed by atoms with Crippen LogP contribution in [0.15, 0.2) is 24.3 Å². The van der Waals surface area contributed by atoms with Gasteiger partial charge in [0.05, 0.1) is 0 Å². The van der Waals surface area contributed by atoms with Crippen molar-refractivity contribution in [2.45, 2.75) is 6.42 Å². The zero-order valence-corrected chi connectivity index (χ0v) is 7.15. The first-order valence-corrected chi connectivity index (χ1v) is 4.10. The van der Waals surface area contributed by atoms with Gasteiger partial charge in [0.2, 0.25) is 0 Å². The van der Waals surface area contributed by atoms with E-state index >= 15 is 0 Å². The standard InChI is InChI=1S/C9H7NOS/c11-8-5-6-3-1-2-4-7(6)10-9(8)12/h1-4H,5H2,(H,10,12). The normalized spacial score (nSPS) is 15.3. The Balaban J connectivity index is 2.47. The average molecular weight is 177 g/mol. The van der Waals surface area contributed by atoms with Gasteiger partial charge in [-0.05, 0) is 11.6 Å². The summed E-state index contributed by atoms with van der Waals surface area (Å²) >= 11 is 4.84. The lowest BCUT2D eigenvalue weighted by Crippen LogP contribution is -2.27. The van der Waals surface area contributed by atoms with E-state index in [9.17, 15) is 4.79 Å². The van der Waals surface area contributed by atoms with Gasteiger partial charge in [-0.2, -0.15) is 0 Å². The third-order valence-electron chi connectivity index (χ3n) is 1.87. The highest BCUT2D eigenvalue weighted by Gasteiger charge is 2.18. The highest BCUT2D eigenvalue weighted by Crippen LogP contribution is 2.20. The number of para-hydroxylation sites is 1. The number of nitrogens with one attached hydrogen (secondary N) is 1. The fourth-order valence-corrected chi connectivity index (χ4v) is 1.42. The minimum atomic E-state index is 0.00343. The molecule has 0 aromatic heterocycles. The number of ketones is 1. The minimum absolute atomic E-state index is 0.00343. The van der Waals surface area contributed by atoms with Crippen LogP contribution in [0.25, 0.3) is 0 Å². The van der Waals surface area contributed by atoms with E-state index in [1.807, 2.05) is 24.3 Å². The minimum Gasteiger partial charge on any atom is -0.343 e. The zero-order valence-electron chi connectivity index (χ0n) is 6.33. The maximum atomic E-state index is 11.2. The summed E-state index contributed by atoms with van der Waals surface area (Å²) in [5, 5.41) is 2.89. The molecule has 1 aliphatic heterocycles. The van der Waals surface area contributed by atoms with Crippen LogP contribution >= 0.6 is 12.2 Å². The van der Waals surface area contributed by atoms with Crippen LogP contribution in [0.5, 0.6) is 0 Å². The molecule has 1 N–H and O–H groups in total. The fourth-order valence-electron chi connectivity index (χ4n) is 1.24. The van der Waals surface area contributed by atoms with E-state index in [-0.39, 0.29) is 5.78 Å². The molecule has 0 spiro atoms. The largest absolute Gasteiger partial charge is 0.343 e. The first-order chi connectivity index (χ1) is 5.77. The van der Waals surface area contributed by atoms with Crippen LogP contribution in [0, 0.1) is 0 Å². The summed E-state index contributed by atoms with van der Waals surface area (Å²) in [6, 6.07) is 7.70. The van der Waals surface area contributed by atoms with Gasteiger partial charge in [0, 0.05) is 12.1 Å². The lowest BCUT2D eigenvalue weighted by molar-refractivity contribution is -0.112. The Bertz CT molecular complexity index is 324. The van der Waals surface area contributed by atoms with Crippen molar-refractivity contribution >= 4 is 28.7 Å². The van der Waals surface area contributed by atoms with Gasteiger partial charge in [0.1, 0.15) is 4.99 Å². The monoisotopic (exact) mass is 177 g/mol. The molecule has 0 amide bonds. The van der Waals surface area contributed by atoms with Gasteiger partial charge in [-0.15, -0.1) is 0 Å². The average Bonchev–Trinajstić information content (AvgIpc) is 2.07. The van der Waals surface area contributed by atoms with Crippen molar-refractivity contribution in [3.63, 3.8) is 0 Å². The van der Waals surface area contributed by atoms with Gasteiger partial charge in [-0.3, -0.25) is 4.79 Å². The van der Waals surface area contributed by atoms with Crippen LogP contribution in [-0.4, -0.2) is 10.8 Å². The predicted molar refractivity (Wildman–Crippen MR) is 51.4 cm³/mol. The lowest BCUT2D eigenvalue weighted by Gasteiger charge is -2.16. The number of thiocarbonyl (C=S) groups is 1. The van der Waals surface area contributed by atoms with Crippen molar-refractivity contribution in [2.75, 3.05) is 5.32 Å². The molecular weight excluding hydrogens is 170 g/mol. The van der Waals surface area contributed by atoms with Crippen LogP contribution in [0.2, 0.25) is 0 Å². The van der Waals surface area contributed by atoms with Crippen molar-refractivity contribution in [1.29, 1.82) is 0 Å². The molecule has 3 heteroatoms. The van der Waals surface area contributed by atoms with Crippen LogP contribution in [0.1, 0.15) is 5.56 Å². The van der Waals surface area contributed by atoms with Crippen LogP contribution < -0.4 is 5.32 Å². The Kier molecular flexibility index (Phi) is 1.66. The second kappa shape index (κ2) is 2.68. The molecule has 12 heavy (non-hydrogen) atoms. The number of carbonyl (C=O) groups is 1. The molecule has 1 aliphatic rings. The van der Waals surface area contributed by atoms with E-state index in [0.717, 1.165) is 11.3 Å². The smallest absolute Gasteiger partial charge is 0.194 e. The number of rotatable bonds is 0. The summed E-state index contributed by atoms with van der Waals surface area (Å²) in [6.45, 7) is 0. The van der Waals surface area contributed by atoms with Gasteiger partial charge in [-0.25, -0.2) is 0 Å². The van der Waals surface area contributed by atoms with Gasteiger partial charge in [0.25, 0.3) is 0 Å². The SMILES string of the molecule is O=C1Cc2ccccc2NC1=S. The van der Waals surface area contributed by atoms with Crippen molar-refractivity contribution < 1.29 is 4.79 Å². The first-order valence-electron chi connectivity index (χ1n) is 3.69. The van der Waals surface area contributed by atoms with Crippen molar-refractivity contribution in [3.05, 3.63) is 29.8 Å². The third-order valence-corrected chi connectivity index (χ3v) is 2.20. The van der Waals surface area contributed by atoms with E-state index in [4.69, 9.17) is 12.2 Å². The molecule has 2 nitrogen and oxygen atoms in total. The summed E-state index contributed by atoms with van der Waals surface area (Å²) < 4.78 is 0. The number of carbonyl (C=O) groups excluding carboxylic acids is 1. The fraction of sp³-hybridized carbons (Fsp3) is 0.111. The molecule has 1 aromatic carbocycles. The van der Waals surface area contributed by atoms with Crippen LogP contribution in [0.3, 0.4) is 0 Å². The van der Waals surface area contributed by atoms with E-state index < -0.39 is 0 Å². The summed E-state index contributed by atoms with van der Waals surface area (Å²) in [5.74, 6) is 0.00343. The van der Waals surface area contributed by atoms with Crippen LogP contribution in [0.4, 0.5) is 5.69 Å². The predicted octanol–water partition coefficient (Wildman–Crippen LogP) is 1.55. The van der Waals surface area contributed by atoms with Crippen LogP contribution in [-0.2, 0) is 11.2 Å². The molecule has 0 saturated heterocycles. The Labute approximate surface area is 75.6 Å². The number of hydrogen-bond donors (Lipinski definition) is 1. The topological polar surface area (TPSA) is 29.1 Å². The molecule has 0 aliphatic carbocycles. The molecule has 0 radical (unpaired) electrons. The molecule has 0 saturated carbocycles. The number of Topliss-reactive ketones (excluding diaryl/α,β-unsaturated/α-hetero) is 1. The number of hydrogen-bond acceptors (Lipinski definition) is 2. The Morgan fingerprint density at radius 1 is 1.33 bits per heavy atom. The number of fused-ring (bicyclic) bond motifs is 1. The van der Waals surface area contributed by atoms with Gasteiger partial charge >= 0.3 is 0 Å². The number of anilines is 1. The summed E-state index contributed by atoms with van der Waals surface area (Å²) in [5.41, 5.74) is 1.98. The third kappa shape index (κ3) is 1.12. The Morgan fingerprint density at radius 2 is 2.08 bits per heavy atom. The van der Waals surface area contributed by atoms with Crippen molar-refractivity contribution in [2.24, 2.45) is 0 Å². The molecule has 0 unspecified atom stereocenters. The van der Waals surface area contributed by atoms with E-state index in [0.29, 0.717) is 11.4 Å². The first kappa shape index (κ1) is 7.43. The van der Waals surface area contributed by atoms with E-state index in [1.165, 1.54) is 0 Å². The van der Waals surface area contributed by atoms with E-state index in [2.05, 4.69) is 5.32 Å². The molecule has 60 valence electrons. The van der Waals surface area contributed by atoms with E-state index in [1.54, 1.807) is 0 Å². The van der Waals surface area contributed by atoms with Gasteiger partial charge < -0.3 is 5.32 Å². The maximum Gasteiger partial charge on any atom is 0.194 e. The molecule has 0 atom stereocenters. The molecular formula is C9H7NOS. The molecule has 1 heterocycles. The summed E-state index contributed by atoms with van der Waals surface area (Å²) in [7, 11) is 0. The molecule has 2 rings (SSSR count). The highest BCUT2D eigenvalue weighted by molar-refractivity contribution is 7.82. The molecule has 1 aromatic rings.